The van der Waals surface area contributed by atoms with Gasteiger partial charge in [0.2, 0.25) is 0 Å². The minimum absolute atomic E-state index is 0.644. The van der Waals surface area contributed by atoms with Crippen LogP contribution in [0.4, 0.5) is 17.1 Å². The summed E-state index contributed by atoms with van der Waals surface area (Å²) in [6.45, 7) is 0. The van der Waals surface area contributed by atoms with Crippen LogP contribution in [0.15, 0.2) is 255 Å². The van der Waals surface area contributed by atoms with Gasteiger partial charge in [0.1, 0.15) is 0 Å². The fourth-order valence-electron chi connectivity index (χ4n) is 12.8. The number of anilines is 3. The molecule has 2 nitrogen and oxygen atoms in total. The maximum absolute atomic E-state index is 2.55. The predicted octanol–water partition coefficient (Wildman–Crippen LogP) is 17.5. The maximum atomic E-state index is 2.55. The molecule has 1 spiro atoms. The van der Waals surface area contributed by atoms with E-state index in [0.29, 0.717) is 0 Å². The second kappa shape index (κ2) is 15.0. The molecular formula is C68H44N2. The lowest BCUT2D eigenvalue weighted by Gasteiger charge is -2.36. The lowest BCUT2D eigenvalue weighted by molar-refractivity contribution is 0.775. The van der Waals surface area contributed by atoms with Crippen LogP contribution in [0.3, 0.4) is 0 Å². The van der Waals surface area contributed by atoms with Crippen LogP contribution in [-0.2, 0) is 11.8 Å². The zero-order valence-corrected chi connectivity index (χ0v) is 38.4. The standard InChI is InChI=1S/C68H44N2/c1-3-17-44(18-4-1)45-31-34-49(35-32-45)69(50-37-40-65-59(42-50)57-26-13-16-30-64(57)70(65)48-20-5-2-6-21-48)51-36-38-56-54-24-10-9-23-53(54)55-25-11-14-28-60(55)68(63(56)43-51)61-29-15-12-27-58(61)67-62(68)39-33-47-41-46-19-7-8-22-52(46)66(47)67/h1-40,42-43H,41H2. The van der Waals surface area contributed by atoms with Crippen molar-refractivity contribution in [2.75, 3.05) is 4.90 Å². The number of aromatic nitrogens is 1. The van der Waals surface area contributed by atoms with Gasteiger partial charge in [-0.3, -0.25) is 0 Å². The second-order valence-electron chi connectivity index (χ2n) is 19.1. The van der Waals surface area contributed by atoms with E-state index < -0.39 is 5.41 Å². The van der Waals surface area contributed by atoms with Gasteiger partial charge in [-0.15, -0.1) is 0 Å². The molecule has 0 aliphatic heterocycles. The van der Waals surface area contributed by atoms with E-state index in [4.69, 9.17) is 0 Å². The van der Waals surface area contributed by atoms with Gasteiger partial charge in [-0.2, -0.15) is 0 Å². The minimum Gasteiger partial charge on any atom is -0.310 e. The van der Waals surface area contributed by atoms with Crippen molar-refractivity contribution in [3.8, 4) is 61.3 Å². The summed E-state index contributed by atoms with van der Waals surface area (Å²) in [4.78, 5) is 2.49. The summed E-state index contributed by atoms with van der Waals surface area (Å²) < 4.78 is 2.40. The number of rotatable bonds is 5. The summed E-state index contributed by atoms with van der Waals surface area (Å²) in [7, 11) is 0. The van der Waals surface area contributed by atoms with Crippen molar-refractivity contribution in [3.05, 3.63) is 288 Å². The van der Waals surface area contributed by atoms with E-state index in [9.17, 15) is 0 Å². The molecule has 1 atom stereocenters. The third-order valence-corrected chi connectivity index (χ3v) is 15.6. The molecule has 1 unspecified atom stereocenters. The number of nitrogens with zero attached hydrogens (tertiary/aromatic N) is 2. The highest BCUT2D eigenvalue weighted by Gasteiger charge is 2.51. The summed E-state index contributed by atoms with van der Waals surface area (Å²) >= 11 is 0. The topological polar surface area (TPSA) is 8.17 Å². The molecule has 326 valence electrons. The van der Waals surface area contributed by atoms with E-state index in [1.165, 1.54) is 111 Å². The molecule has 0 bridgehead atoms. The molecule has 0 fully saturated rings. The number of hydrogen-bond donors (Lipinski definition) is 0. The van der Waals surface area contributed by atoms with Crippen molar-refractivity contribution in [1.29, 1.82) is 0 Å². The molecule has 12 aromatic rings. The molecule has 3 aliphatic rings. The highest BCUT2D eigenvalue weighted by molar-refractivity contribution is 6.11. The quantitative estimate of drug-likeness (QED) is 0.167. The maximum Gasteiger partial charge on any atom is 0.0726 e. The van der Waals surface area contributed by atoms with E-state index in [-0.39, 0.29) is 0 Å². The van der Waals surface area contributed by atoms with Crippen molar-refractivity contribution >= 4 is 38.9 Å². The van der Waals surface area contributed by atoms with Gasteiger partial charge < -0.3 is 9.47 Å². The highest BCUT2D eigenvalue weighted by Crippen LogP contribution is 2.64. The monoisotopic (exact) mass is 888 g/mol. The average Bonchev–Trinajstić information content (AvgIpc) is 4.05. The van der Waals surface area contributed by atoms with Crippen LogP contribution < -0.4 is 4.90 Å². The fourth-order valence-corrected chi connectivity index (χ4v) is 12.8. The SMILES string of the molecule is c1ccc(-c2ccc(N(c3ccc4c(c3)C3(c5ccccc5-c5ccccc5-4)c4ccccc4-c4c3ccc3c4-c4ccccc4C3)c3ccc4c(c3)c3ccccc3n4-c3ccccc3)cc2)cc1. The van der Waals surface area contributed by atoms with E-state index in [0.717, 1.165) is 29.2 Å². The highest BCUT2D eigenvalue weighted by atomic mass is 15.1. The first-order chi connectivity index (χ1) is 34.7. The Labute approximate surface area is 407 Å². The summed E-state index contributed by atoms with van der Waals surface area (Å²) in [6, 6.07) is 95.4. The van der Waals surface area contributed by atoms with Gasteiger partial charge in [0.25, 0.3) is 0 Å². The Bertz CT molecular complexity index is 4090. The Hall–Kier alpha value is -8.98. The molecule has 2 heteroatoms. The van der Waals surface area contributed by atoms with Gasteiger partial charge in [-0.25, -0.2) is 0 Å². The van der Waals surface area contributed by atoms with E-state index >= 15 is 0 Å². The molecule has 0 amide bonds. The van der Waals surface area contributed by atoms with Gasteiger partial charge in [0.05, 0.1) is 16.4 Å². The molecule has 0 N–H and O–H groups in total. The summed E-state index contributed by atoms with van der Waals surface area (Å²) in [6.07, 6.45) is 0.948. The fraction of sp³-hybridized carbons (Fsp3) is 0.0294. The molecule has 0 radical (unpaired) electrons. The molecule has 11 aromatic carbocycles. The molecule has 3 aliphatic carbocycles. The molecule has 70 heavy (non-hydrogen) atoms. The van der Waals surface area contributed by atoms with Crippen LogP contribution in [0.5, 0.6) is 0 Å². The zero-order chi connectivity index (χ0) is 45.9. The largest absolute Gasteiger partial charge is 0.310 e. The molecule has 0 saturated carbocycles. The lowest BCUT2D eigenvalue weighted by Crippen LogP contribution is -2.29. The first-order valence-electron chi connectivity index (χ1n) is 24.5. The van der Waals surface area contributed by atoms with E-state index in [2.05, 4.69) is 264 Å². The summed E-state index contributed by atoms with van der Waals surface area (Å²) in [5.74, 6) is 0. The smallest absolute Gasteiger partial charge is 0.0726 e. The number of hydrogen-bond acceptors (Lipinski definition) is 1. The molecule has 0 saturated heterocycles. The summed E-state index contributed by atoms with van der Waals surface area (Å²) in [5, 5.41) is 2.44. The van der Waals surface area contributed by atoms with Crippen molar-refractivity contribution < 1.29 is 0 Å². The van der Waals surface area contributed by atoms with Gasteiger partial charge >= 0.3 is 0 Å². The van der Waals surface area contributed by atoms with Gasteiger partial charge in [0, 0.05) is 33.5 Å². The third kappa shape index (κ3) is 5.44. The zero-order valence-electron chi connectivity index (χ0n) is 38.4. The van der Waals surface area contributed by atoms with Crippen LogP contribution in [0.1, 0.15) is 33.4 Å². The normalized spacial score (nSPS) is 14.6. The van der Waals surface area contributed by atoms with Gasteiger partial charge in [-0.1, -0.05) is 194 Å². The molecular weight excluding hydrogens is 845 g/mol. The first-order valence-corrected chi connectivity index (χ1v) is 24.5. The van der Waals surface area contributed by atoms with Crippen LogP contribution in [0.2, 0.25) is 0 Å². The van der Waals surface area contributed by atoms with Crippen LogP contribution in [-0.4, -0.2) is 4.57 Å². The Kier molecular flexibility index (Phi) is 8.38. The Morgan fingerprint density at radius 1 is 0.314 bits per heavy atom. The van der Waals surface area contributed by atoms with E-state index in [1.807, 2.05) is 0 Å². The Morgan fingerprint density at radius 2 is 0.871 bits per heavy atom. The number of fused-ring (bicyclic) bond motifs is 19. The lowest BCUT2D eigenvalue weighted by atomic mass is 9.65. The summed E-state index contributed by atoms with van der Waals surface area (Å²) in [5.41, 5.74) is 27.1. The molecule has 1 heterocycles. The van der Waals surface area contributed by atoms with Crippen LogP contribution in [0, 0.1) is 0 Å². The minimum atomic E-state index is -0.644. The van der Waals surface area contributed by atoms with Gasteiger partial charge in [0.15, 0.2) is 0 Å². The van der Waals surface area contributed by atoms with Crippen molar-refractivity contribution in [1.82, 2.24) is 4.57 Å². The Morgan fingerprint density at radius 3 is 1.66 bits per heavy atom. The molecule has 1 aromatic heterocycles. The number of para-hydroxylation sites is 2. The van der Waals surface area contributed by atoms with Crippen LogP contribution in [0.25, 0.3) is 83.1 Å². The average molecular weight is 889 g/mol. The first kappa shape index (κ1) is 39.1. The van der Waals surface area contributed by atoms with Gasteiger partial charge in [-0.05, 0) is 156 Å². The van der Waals surface area contributed by atoms with E-state index in [1.54, 1.807) is 0 Å². The third-order valence-electron chi connectivity index (χ3n) is 15.6. The second-order valence-corrected chi connectivity index (χ2v) is 19.1. The van der Waals surface area contributed by atoms with Crippen LogP contribution >= 0.6 is 0 Å². The number of benzene rings is 11. The molecule has 15 rings (SSSR count). The van der Waals surface area contributed by atoms with Crippen molar-refractivity contribution in [2.45, 2.75) is 11.8 Å². The predicted molar refractivity (Wildman–Crippen MR) is 291 cm³/mol. The Balaban J connectivity index is 1.03. The van der Waals surface area contributed by atoms with Crippen molar-refractivity contribution in [3.63, 3.8) is 0 Å². The van der Waals surface area contributed by atoms with Crippen molar-refractivity contribution in [2.24, 2.45) is 0 Å².